The third kappa shape index (κ3) is 9.38. The van der Waals surface area contributed by atoms with Gasteiger partial charge in [-0.15, -0.1) is 0 Å². The average molecular weight is 569 g/mol. The number of hydrogen-bond acceptors (Lipinski definition) is 8. The Morgan fingerprint density at radius 1 is 0.667 bits per heavy atom. The Kier molecular flexibility index (Phi) is 17.8. The molecule has 42 heavy (non-hydrogen) atoms. The van der Waals surface area contributed by atoms with E-state index in [0.717, 1.165) is 36.2 Å². The normalized spacial score (nSPS) is 18.4. The lowest BCUT2D eigenvalue weighted by molar-refractivity contribution is 0.0291. The van der Waals surface area contributed by atoms with E-state index in [-0.39, 0.29) is 10.8 Å². The van der Waals surface area contributed by atoms with Crippen molar-refractivity contribution in [2.75, 3.05) is 0 Å². The van der Waals surface area contributed by atoms with Gasteiger partial charge in [0.25, 0.3) is 0 Å². The van der Waals surface area contributed by atoms with Crippen LogP contribution in [0.4, 0.5) is 0 Å². The number of hydrogen-bond donors (Lipinski definition) is 4. The zero-order valence-corrected chi connectivity index (χ0v) is 24.6. The summed E-state index contributed by atoms with van der Waals surface area (Å²) in [4.78, 5) is 33.4. The second-order valence-electron chi connectivity index (χ2n) is 10.4. The molecule has 1 aliphatic carbocycles. The molecule has 0 saturated heterocycles. The van der Waals surface area contributed by atoms with E-state index >= 15 is 0 Å². The predicted octanol–water partition coefficient (Wildman–Crippen LogP) is 7.72. The first-order chi connectivity index (χ1) is 20.2. The van der Waals surface area contributed by atoms with Gasteiger partial charge in [0.15, 0.2) is 0 Å². The van der Waals surface area contributed by atoms with Crippen molar-refractivity contribution in [1.82, 2.24) is 0 Å². The van der Waals surface area contributed by atoms with Crippen LogP contribution >= 0.6 is 0 Å². The smallest absolute Gasteiger partial charge is 0.222 e. The van der Waals surface area contributed by atoms with Crippen molar-refractivity contribution >= 4 is 24.3 Å². The molecule has 1 saturated carbocycles. The van der Waals surface area contributed by atoms with Crippen molar-refractivity contribution in [3.8, 4) is 0 Å². The third-order valence-corrected chi connectivity index (χ3v) is 8.20. The highest BCUT2D eigenvalue weighted by Gasteiger charge is 2.55. The topological polar surface area (TPSA) is 164 Å². The van der Waals surface area contributed by atoms with Gasteiger partial charge in [-0.05, 0) is 59.1 Å². The molecule has 1 fully saturated rings. The quantitative estimate of drug-likeness (QED) is 0.141. The molecule has 3 aromatic carbocycles. The minimum Gasteiger partial charge on any atom is -0.222 e. The number of rotatable bonds is 5. The van der Waals surface area contributed by atoms with Crippen molar-refractivity contribution < 1.29 is 19.2 Å². The number of isocyanates is 4. The highest BCUT2D eigenvalue weighted by Crippen LogP contribution is 2.61. The maximum atomic E-state index is 8.35. The van der Waals surface area contributed by atoms with Crippen LogP contribution in [0, 0.1) is 44.8 Å². The summed E-state index contributed by atoms with van der Waals surface area (Å²) in [6.07, 6.45) is 6.87. The Morgan fingerprint density at radius 2 is 0.952 bits per heavy atom. The summed E-state index contributed by atoms with van der Waals surface area (Å²) < 4.78 is 0. The van der Waals surface area contributed by atoms with E-state index in [1.165, 1.54) is 36.0 Å². The van der Waals surface area contributed by atoms with Gasteiger partial charge >= 0.3 is 0 Å². The summed E-state index contributed by atoms with van der Waals surface area (Å²) in [5.74, 6) is 2.21. The van der Waals surface area contributed by atoms with Crippen LogP contribution in [0.1, 0.15) is 63.6 Å². The van der Waals surface area contributed by atoms with Gasteiger partial charge < -0.3 is 0 Å². The molecule has 4 rings (SSSR count). The van der Waals surface area contributed by atoms with Gasteiger partial charge in [0.2, 0.25) is 24.3 Å². The predicted molar refractivity (Wildman–Crippen MR) is 162 cm³/mol. The fourth-order valence-corrected chi connectivity index (χ4v) is 6.28. The van der Waals surface area contributed by atoms with Crippen LogP contribution in [0.15, 0.2) is 91.0 Å². The first-order valence-corrected chi connectivity index (χ1v) is 13.5. The molecule has 8 heteroatoms. The van der Waals surface area contributed by atoms with Crippen LogP contribution in [0.5, 0.6) is 0 Å². The molecule has 3 aromatic rings. The van der Waals surface area contributed by atoms with Crippen LogP contribution in [0.2, 0.25) is 0 Å². The van der Waals surface area contributed by atoms with Crippen molar-refractivity contribution in [3.05, 3.63) is 108 Å². The summed E-state index contributed by atoms with van der Waals surface area (Å²) in [6.45, 7) is 9.89. The minimum atomic E-state index is -0.169. The minimum absolute atomic E-state index is 0.127. The van der Waals surface area contributed by atoms with Gasteiger partial charge in [-0.25, -0.2) is 40.8 Å². The number of nitrogens with one attached hydrogen (secondary N) is 4. The van der Waals surface area contributed by atoms with Gasteiger partial charge in [0.1, 0.15) is 0 Å². The number of carbonyl (C=O) groups excluding carboxylic acids is 4. The van der Waals surface area contributed by atoms with Crippen molar-refractivity contribution in [3.63, 3.8) is 0 Å². The van der Waals surface area contributed by atoms with Gasteiger partial charge in [-0.1, -0.05) is 119 Å². The summed E-state index contributed by atoms with van der Waals surface area (Å²) in [5.41, 5.74) is 4.21. The highest BCUT2D eigenvalue weighted by atomic mass is 16.1. The zero-order valence-electron chi connectivity index (χ0n) is 24.6. The van der Waals surface area contributed by atoms with E-state index < -0.39 is 0 Å². The Balaban J connectivity index is 0.00000121. The first kappa shape index (κ1) is 37.2. The van der Waals surface area contributed by atoms with Crippen LogP contribution < -0.4 is 0 Å². The monoisotopic (exact) mass is 568 g/mol. The molecular weight excluding hydrogens is 528 g/mol. The van der Waals surface area contributed by atoms with Crippen molar-refractivity contribution in [2.45, 2.75) is 52.4 Å². The van der Waals surface area contributed by atoms with E-state index in [1.54, 1.807) is 0 Å². The average Bonchev–Trinajstić information content (AvgIpc) is 2.98. The summed E-state index contributed by atoms with van der Waals surface area (Å²) >= 11 is 0. The van der Waals surface area contributed by atoms with E-state index in [2.05, 4.69) is 119 Å². The summed E-state index contributed by atoms with van der Waals surface area (Å²) in [5, 5.41) is 21.6. The highest BCUT2D eigenvalue weighted by molar-refractivity contribution is 5.53. The first-order valence-electron chi connectivity index (χ1n) is 13.5. The van der Waals surface area contributed by atoms with Gasteiger partial charge in [-0.2, -0.15) is 0 Å². The fraction of sp³-hybridized carbons (Fsp3) is 0.353. The second kappa shape index (κ2) is 20.1. The molecule has 0 aromatic heterocycles. The Hall–Kier alpha value is -4.82. The Morgan fingerprint density at radius 3 is 1.19 bits per heavy atom. The van der Waals surface area contributed by atoms with Gasteiger partial charge in [-0.3, -0.25) is 0 Å². The molecule has 0 bridgehead atoms. The molecule has 0 spiro atoms. The molecule has 0 aliphatic heterocycles. The maximum Gasteiger partial charge on any atom is 0.231 e. The molecule has 8 nitrogen and oxygen atoms in total. The van der Waals surface area contributed by atoms with E-state index in [9.17, 15) is 0 Å². The standard InChI is InChI=1S/C30H36.4CHNO/c1-23(2)25-20-21-29(4,24(3)22-25)30(26-14-8-5-9-15-26,27-16-10-6-11-17-27)28-18-12-7-13-19-28;4*2-1-3/h5-19,23-25H,20-22H2,1-4H3;4*2H. The number of benzene rings is 3. The lowest BCUT2D eigenvalue weighted by Gasteiger charge is -2.57. The lowest BCUT2D eigenvalue weighted by atomic mass is 9.46. The SMILES string of the molecule is CC(C)C1CCC(C)(C(c2ccccc2)(c2ccccc2)c2ccccc2)C(C)C1.N=C=O.N=C=O.N=C=O.N=C=O. The molecule has 0 radical (unpaired) electrons. The second-order valence-corrected chi connectivity index (χ2v) is 10.4. The summed E-state index contributed by atoms with van der Waals surface area (Å²) in [7, 11) is 0. The Bertz CT molecular complexity index is 1160. The van der Waals surface area contributed by atoms with Gasteiger partial charge in [0, 0.05) is 0 Å². The molecule has 3 unspecified atom stereocenters. The van der Waals surface area contributed by atoms with Crippen LogP contribution in [0.25, 0.3) is 0 Å². The van der Waals surface area contributed by atoms with E-state index in [0.29, 0.717) is 5.92 Å². The lowest BCUT2D eigenvalue weighted by Crippen LogP contribution is -2.52. The molecule has 4 N–H and O–H groups in total. The van der Waals surface area contributed by atoms with Crippen molar-refractivity contribution in [2.24, 2.45) is 23.2 Å². The Labute approximate surface area is 248 Å². The van der Waals surface area contributed by atoms with Crippen LogP contribution in [-0.4, -0.2) is 24.3 Å². The largest absolute Gasteiger partial charge is 0.231 e. The van der Waals surface area contributed by atoms with E-state index in [1.807, 2.05) is 0 Å². The van der Waals surface area contributed by atoms with Gasteiger partial charge in [0.05, 0.1) is 5.41 Å². The molecule has 0 amide bonds. The molecule has 3 atom stereocenters. The van der Waals surface area contributed by atoms with Crippen LogP contribution in [-0.2, 0) is 24.6 Å². The summed E-state index contributed by atoms with van der Waals surface area (Å²) in [6, 6.07) is 33.8. The molecular formula is C34H40N4O4. The molecule has 0 heterocycles. The zero-order chi connectivity index (χ0) is 32.0. The molecule has 1 aliphatic rings. The van der Waals surface area contributed by atoms with Crippen molar-refractivity contribution in [1.29, 1.82) is 21.6 Å². The van der Waals surface area contributed by atoms with E-state index in [4.69, 9.17) is 40.8 Å². The maximum absolute atomic E-state index is 8.35. The third-order valence-electron chi connectivity index (χ3n) is 8.20. The fourth-order valence-electron chi connectivity index (χ4n) is 6.28. The molecule has 220 valence electrons. The van der Waals surface area contributed by atoms with Crippen LogP contribution in [0.3, 0.4) is 0 Å².